The van der Waals surface area contributed by atoms with Crippen molar-refractivity contribution in [2.75, 3.05) is 26.4 Å². The maximum absolute atomic E-state index is 11.5. The van der Waals surface area contributed by atoms with Crippen LogP contribution >= 0.6 is 0 Å². The minimum absolute atomic E-state index is 0.00567. The van der Waals surface area contributed by atoms with Gasteiger partial charge in [-0.05, 0) is 25.7 Å². The average Bonchev–Trinajstić information content (AvgIpc) is 2.25. The highest BCUT2D eigenvalue weighted by Gasteiger charge is 2.30. The van der Waals surface area contributed by atoms with Gasteiger partial charge in [0.15, 0.2) is 0 Å². The number of aliphatic carboxylic acids is 1. The van der Waals surface area contributed by atoms with E-state index >= 15 is 0 Å². The van der Waals surface area contributed by atoms with Crippen LogP contribution in [0.3, 0.4) is 0 Å². The standard InChI is InChI=1S/C12H21NO5/c1-2-18-10-5-9(6-10)7-11(14)13-3-4-17-8-12(15)16/h9-10H,2-8H2,1H3,(H,13,14)(H,15,16). The summed E-state index contributed by atoms with van der Waals surface area (Å²) in [5, 5.41) is 11.0. The van der Waals surface area contributed by atoms with E-state index in [1.54, 1.807) is 0 Å². The molecule has 104 valence electrons. The molecule has 1 fully saturated rings. The van der Waals surface area contributed by atoms with Crippen LogP contribution < -0.4 is 5.32 Å². The molecule has 0 spiro atoms. The molecule has 6 heteroatoms. The SMILES string of the molecule is CCOC1CC(CC(=O)NCCOCC(=O)O)C1. The Morgan fingerprint density at radius 1 is 1.39 bits per heavy atom. The quantitative estimate of drug-likeness (QED) is 0.586. The number of carboxylic acids is 1. The van der Waals surface area contributed by atoms with Gasteiger partial charge in [-0.15, -0.1) is 0 Å². The number of ether oxygens (including phenoxy) is 2. The van der Waals surface area contributed by atoms with Gasteiger partial charge in [-0.3, -0.25) is 4.79 Å². The number of nitrogens with one attached hydrogen (secondary N) is 1. The van der Waals surface area contributed by atoms with Crippen molar-refractivity contribution in [1.82, 2.24) is 5.32 Å². The molecule has 0 heterocycles. The Labute approximate surface area is 107 Å². The van der Waals surface area contributed by atoms with E-state index in [0.717, 1.165) is 19.4 Å². The zero-order valence-electron chi connectivity index (χ0n) is 10.7. The molecule has 1 rings (SSSR count). The first kappa shape index (κ1) is 14.9. The number of hydrogen-bond donors (Lipinski definition) is 2. The van der Waals surface area contributed by atoms with E-state index in [1.165, 1.54) is 0 Å². The fourth-order valence-corrected chi connectivity index (χ4v) is 1.97. The molecule has 1 aliphatic rings. The molecule has 0 aromatic heterocycles. The van der Waals surface area contributed by atoms with Crippen LogP contribution in [0.25, 0.3) is 0 Å². The van der Waals surface area contributed by atoms with Crippen molar-refractivity contribution < 1.29 is 24.2 Å². The van der Waals surface area contributed by atoms with Crippen molar-refractivity contribution in [3.05, 3.63) is 0 Å². The summed E-state index contributed by atoms with van der Waals surface area (Å²) in [5.41, 5.74) is 0. The molecule has 18 heavy (non-hydrogen) atoms. The zero-order chi connectivity index (χ0) is 13.4. The fourth-order valence-electron chi connectivity index (χ4n) is 1.97. The maximum Gasteiger partial charge on any atom is 0.329 e. The van der Waals surface area contributed by atoms with Gasteiger partial charge in [0.2, 0.25) is 5.91 Å². The summed E-state index contributed by atoms with van der Waals surface area (Å²) >= 11 is 0. The largest absolute Gasteiger partial charge is 0.480 e. The van der Waals surface area contributed by atoms with E-state index in [9.17, 15) is 9.59 Å². The zero-order valence-corrected chi connectivity index (χ0v) is 10.7. The van der Waals surface area contributed by atoms with Crippen LogP contribution in [0.2, 0.25) is 0 Å². The van der Waals surface area contributed by atoms with Crippen LogP contribution in [-0.4, -0.2) is 49.5 Å². The van der Waals surface area contributed by atoms with Crippen LogP contribution in [0.4, 0.5) is 0 Å². The topological polar surface area (TPSA) is 84.9 Å². The lowest BCUT2D eigenvalue weighted by Crippen LogP contribution is -2.36. The molecule has 0 aromatic carbocycles. The summed E-state index contributed by atoms with van der Waals surface area (Å²) in [6.45, 7) is 2.95. The fraction of sp³-hybridized carbons (Fsp3) is 0.833. The lowest BCUT2D eigenvalue weighted by atomic mass is 9.80. The molecule has 2 N–H and O–H groups in total. The van der Waals surface area contributed by atoms with Crippen molar-refractivity contribution in [2.45, 2.75) is 32.3 Å². The Hall–Kier alpha value is -1.14. The van der Waals surface area contributed by atoms with Gasteiger partial charge in [0.25, 0.3) is 0 Å². The van der Waals surface area contributed by atoms with Crippen LogP contribution in [-0.2, 0) is 19.1 Å². The molecule has 0 aromatic rings. The van der Waals surface area contributed by atoms with E-state index in [-0.39, 0.29) is 19.1 Å². The Morgan fingerprint density at radius 3 is 2.72 bits per heavy atom. The maximum atomic E-state index is 11.5. The monoisotopic (exact) mass is 259 g/mol. The van der Waals surface area contributed by atoms with E-state index in [2.05, 4.69) is 5.32 Å². The minimum atomic E-state index is -1.00. The third-order valence-corrected chi connectivity index (χ3v) is 2.86. The molecule has 0 saturated heterocycles. The summed E-state index contributed by atoms with van der Waals surface area (Å²) in [5.74, 6) is -0.590. The number of hydrogen-bond acceptors (Lipinski definition) is 4. The van der Waals surface area contributed by atoms with Crippen molar-refractivity contribution in [3.8, 4) is 0 Å². The number of carbonyl (C=O) groups excluding carboxylic acids is 1. The van der Waals surface area contributed by atoms with Gasteiger partial charge in [0, 0.05) is 19.6 Å². The Bertz CT molecular complexity index is 276. The Balaban J connectivity index is 1.94. The van der Waals surface area contributed by atoms with Crippen LogP contribution in [0.1, 0.15) is 26.2 Å². The van der Waals surface area contributed by atoms with Crippen LogP contribution in [0.15, 0.2) is 0 Å². The molecular weight excluding hydrogens is 238 g/mol. The van der Waals surface area contributed by atoms with E-state index < -0.39 is 5.97 Å². The van der Waals surface area contributed by atoms with Gasteiger partial charge in [0.1, 0.15) is 6.61 Å². The van der Waals surface area contributed by atoms with Crippen LogP contribution in [0.5, 0.6) is 0 Å². The summed E-state index contributed by atoms with van der Waals surface area (Å²) < 4.78 is 10.2. The molecule has 0 radical (unpaired) electrons. The molecular formula is C12H21NO5. The summed E-state index contributed by atoms with van der Waals surface area (Å²) in [6, 6.07) is 0. The first-order valence-corrected chi connectivity index (χ1v) is 6.29. The molecule has 0 bridgehead atoms. The molecule has 1 amide bonds. The number of amides is 1. The third kappa shape index (κ3) is 5.97. The normalized spacial score (nSPS) is 22.3. The first-order chi connectivity index (χ1) is 8.61. The molecule has 0 aliphatic heterocycles. The highest BCUT2D eigenvalue weighted by atomic mass is 16.5. The van der Waals surface area contributed by atoms with Gasteiger partial charge < -0.3 is 19.9 Å². The molecule has 1 aliphatic carbocycles. The Morgan fingerprint density at radius 2 is 2.11 bits per heavy atom. The summed E-state index contributed by atoms with van der Waals surface area (Å²) in [4.78, 5) is 21.6. The molecule has 6 nitrogen and oxygen atoms in total. The van der Waals surface area contributed by atoms with Crippen molar-refractivity contribution in [1.29, 1.82) is 0 Å². The van der Waals surface area contributed by atoms with Crippen molar-refractivity contribution >= 4 is 11.9 Å². The van der Waals surface area contributed by atoms with Gasteiger partial charge in [-0.2, -0.15) is 0 Å². The van der Waals surface area contributed by atoms with Gasteiger partial charge >= 0.3 is 5.97 Å². The van der Waals surface area contributed by atoms with Crippen molar-refractivity contribution in [3.63, 3.8) is 0 Å². The van der Waals surface area contributed by atoms with Gasteiger partial charge in [-0.25, -0.2) is 4.79 Å². The second-order valence-electron chi connectivity index (χ2n) is 4.42. The van der Waals surface area contributed by atoms with Gasteiger partial charge in [0.05, 0.1) is 12.7 Å². The second kappa shape index (κ2) is 8.05. The second-order valence-corrected chi connectivity index (χ2v) is 4.42. The molecule has 0 atom stereocenters. The predicted molar refractivity (Wildman–Crippen MR) is 64.2 cm³/mol. The first-order valence-electron chi connectivity index (χ1n) is 6.29. The van der Waals surface area contributed by atoms with E-state index in [1.807, 2.05) is 6.92 Å². The lowest BCUT2D eigenvalue weighted by Gasteiger charge is -2.34. The van der Waals surface area contributed by atoms with Crippen molar-refractivity contribution in [2.24, 2.45) is 5.92 Å². The predicted octanol–water partition coefficient (Wildman–Crippen LogP) is 0.409. The number of carboxylic acid groups (broad SMARTS) is 1. The van der Waals surface area contributed by atoms with E-state index in [0.29, 0.717) is 25.0 Å². The summed E-state index contributed by atoms with van der Waals surface area (Å²) in [7, 11) is 0. The Kier molecular flexibility index (Phi) is 6.67. The molecule has 1 saturated carbocycles. The summed E-state index contributed by atoms with van der Waals surface area (Å²) in [6.07, 6.45) is 2.75. The number of rotatable bonds is 9. The number of carbonyl (C=O) groups is 2. The van der Waals surface area contributed by atoms with E-state index in [4.69, 9.17) is 14.6 Å². The van der Waals surface area contributed by atoms with Crippen LogP contribution in [0, 0.1) is 5.92 Å². The average molecular weight is 259 g/mol. The van der Waals surface area contributed by atoms with Gasteiger partial charge in [-0.1, -0.05) is 0 Å². The smallest absolute Gasteiger partial charge is 0.329 e. The highest BCUT2D eigenvalue weighted by molar-refractivity contribution is 5.76. The minimum Gasteiger partial charge on any atom is -0.480 e. The lowest BCUT2D eigenvalue weighted by molar-refractivity contribution is -0.142. The third-order valence-electron chi connectivity index (χ3n) is 2.86. The molecule has 0 unspecified atom stereocenters. The highest BCUT2D eigenvalue weighted by Crippen LogP contribution is 2.32.